The highest BCUT2D eigenvalue weighted by atomic mass is 16.5. The van der Waals surface area contributed by atoms with Crippen molar-refractivity contribution in [3.8, 4) is 0 Å². The monoisotopic (exact) mass is 410 g/mol. The van der Waals surface area contributed by atoms with Crippen molar-refractivity contribution >= 4 is 17.1 Å². The molecule has 0 spiro atoms. The van der Waals surface area contributed by atoms with Crippen LogP contribution in [0.2, 0.25) is 0 Å². The van der Waals surface area contributed by atoms with E-state index in [1.807, 2.05) is 31.3 Å². The van der Waals surface area contributed by atoms with Gasteiger partial charge in [-0.25, -0.2) is 19.9 Å². The molecule has 3 aromatic rings. The van der Waals surface area contributed by atoms with E-state index in [0.29, 0.717) is 12.6 Å². The van der Waals surface area contributed by atoms with Crippen molar-refractivity contribution in [2.45, 2.75) is 20.0 Å². The first-order valence-electron chi connectivity index (χ1n) is 10.7. The van der Waals surface area contributed by atoms with Gasteiger partial charge in [0.2, 0.25) is 5.95 Å². The molecule has 0 saturated carbocycles. The standard InChI is InChI=1S/C21H30N8O/c1-2-30-16-15-29-19(26-18-5-3-6-22-20(18)29)17-28-13-11-27(12-14-28)10-9-25-21-23-7-4-8-24-21/h3-8H,2,9-17H2,1H3,(H,23,24,25). The lowest BCUT2D eigenvalue weighted by Crippen LogP contribution is -2.47. The third kappa shape index (κ3) is 5.29. The molecule has 1 aliphatic rings. The van der Waals surface area contributed by atoms with E-state index in [4.69, 9.17) is 9.72 Å². The molecular formula is C21H30N8O. The van der Waals surface area contributed by atoms with Crippen molar-refractivity contribution < 1.29 is 4.74 Å². The van der Waals surface area contributed by atoms with Gasteiger partial charge in [-0.05, 0) is 25.1 Å². The van der Waals surface area contributed by atoms with Crippen LogP contribution in [0.1, 0.15) is 12.7 Å². The molecule has 4 heterocycles. The van der Waals surface area contributed by atoms with Crippen LogP contribution in [0.15, 0.2) is 36.8 Å². The van der Waals surface area contributed by atoms with Crippen molar-refractivity contribution in [2.75, 3.05) is 57.8 Å². The Labute approximate surface area is 177 Å². The first-order valence-corrected chi connectivity index (χ1v) is 10.7. The minimum Gasteiger partial charge on any atom is -0.380 e. The third-order valence-electron chi connectivity index (χ3n) is 5.35. The summed E-state index contributed by atoms with van der Waals surface area (Å²) in [6.45, 7) is 11.0. The second kappa shape index (κ2) is 10.4. The summed E-state index contributed by atoms with van der Waals surface area (Å²) in [4.78, 5) is 22.8. The fourth-order valence-corrected chi connectivity index (χ4v) is 3.75. The van der Waals surface area contributed by atoms with Crippen molar-refractivity contribution in [2.24, 2.45) is 0 Å². The fraction of sp³-hybridized carbons (Fsp3) is 0.524. The zero-order valence-corrected chi connectivity index (χ0v) is 17.6. The van der Waals surface area contributed by atoms with Gasteiger partial charge in [0.05, 0.1) is 13.2 Å². The molecule has 0 radical (unpaired) electrons. The van der Waals surface area contributed by atoms with Gasteiger partial charge in [-0.1, -0.05) is 0 Å². The van der Waals surface area contributed by atoms with Crippen LogP contribution in [-0.4, -0.2) is 86.8 Å². The number of aromatic nitrogens is 5. The number of fused-ring (bicyclic) bond motifs is 1. The van der Waals surface area contributed by atoms with Crippen molar-refractivity contribution in [1.82, 2.24) is 34.3 Å². The van der Waals surface area contributed by atoms with Gasteiger partial charge in [-0.15, -0.1) is 0 Å². The van der Waals surface area contributed by atoms with E-state index in [0.717, 1.165) is 76.0 Å². The Bertz CT molecular complexity index is 908. The quantitative estimate of drug-likeness (QED) is 0.503. The predicted molar refractivity (Wildman–Crippen MR) is 116 cm³/mol. The minimum atomic E-state index is 0.678. The van der Waals surface area contributed by atoms with Crippen molar-refractivity contribution in [3.63, 3.8) is 0 Å². The number of nitrogens with zero attached hydrogens (tertiary/aromatic N) is 7. The Morgan fingerprint density at radius 1 is 0.967 bits per heavy atom. The molecule has 0 bridgehead atoms. The lowest BCUT2D eigenvalue weighted by Gasteiger charge is -2.34. The van der Waals surface area contributed by atoms with E-state index < -0.39 is 0 Å². The number of pyridine rings is 1. The molecule has 0 unspecified atom stereocenters. The highest BCUT2D eigenvalue weighted by Crippen LogP contribution is 2.16. The molecule has 9 heteroatoms. The molecule has 0 atom stereocenters. The number of piperazine rings is 1. The summed E-state index contributed by atoms with van der Waals surface area (Å²) in [7, 11) is 0. The molecule has 1 aliphatic heterocycles. The number of hydrogen-bond donors (Lipinski definition) is 1. The second-order valence-electron chi connectivity index (χ2n) is 7.34. The van der Waals surface area contributed by atoms with E-state index in [-0.39, 0.29) is 0 Å². The molecule has 9 nitrogen and oxygen atoms in total. The van der Waals surface area contributed by atoms with E-state index in [9.17, 15) is 0 Å². The molecule has 1 N–H and O–H groups in total. The lowest BCUT2D eigenvalue weighted by atomic mass is 10.3. The van der Waals surface area contributed by atoms with Gasteiger partial charge in [-0.3, -0.25) is 9.80 Å². The summed E-state index contributed by atoms with van der Waals surface area (Å²) in [6.07, 6.45) is 5.34. The normalized spacial score (nSPS) is 15.6. The van der Waals surface area contributed by atoms with E-state index >= 15 is 0 Å². The topological polar surface area (TPSA) is 84.2 Å². The number of rotatable bonds is 10. The highest BCUT2D eigenvalue weighted by molar-refractivity contribution is 5.71. The lowest BCUT2D eigenvalue weighted by molar-refractivity contribution is 0.123. The summed E-state index contributed by atoms with van der Waals surface area (Å²) < 4.78 is 7.78. The zero-order valence-electron chi connectivity index (χ0n) is 17.6. The molecule has 3 aromatic heterocycles. The number of imidazole rings is 1. The van der Waals surface area contributed by atoms with E-state index in [1.54, 1.807) is 12.4 Å². The Hall–Kier alpha value is -2.62. The molecular weight excluding hydrogens is 380 g/mol. The van der Waals surface area contributed by atoms with Gasteiger partial charge in [0.25, 0.3) is 0 Å². The number of hydrogen-bond acceptors (Lipinski definition) is 8. The number of anilines is 1. The van der Waals surface area contributed by atoms with Crippen LogP contribution in [-0.2, 0) is 17.8 Å². The maximum Gasteiger partial charge on any atom is 0.222 e. The van der Waals surface area contributed by atoms with Crippen LogP contribution in [0.25, 0.3) is 11.2 Å². The van der Waals surface area contributed by atoms with Crippen LogP contribution in [0.3, 0.4) is 0 Å². The Morgan fingerprint density at radius 3 is 2.53 bits per heavy atom. The van der Waals surface area contributed by atoms with E-state index in [1.165, 1.54) is 0 Å². The fourth-order valence-electron chi connectivity index (χ4n) is 3.75. The maximum atomic E-state index is 5.57. The summed E-state index contributed by atoms with van der Waals surface area (Å²) in [5.74, 6) is 1.76. The average Bonchev–Trinajstić information content (AvgIpc) is 3.13. The molecule has 4 rings (SSSR count). The van der Waals surface area contributed by atoms with E-state index in [2.05, 4.69) is 34.6 Å². The minimum absolute atomic E-state index is 0.678. The first-order chi connectivity index (χ1) is 14.8. The number of ether oxygens (including phenoxy) is 1. The molecule has 30 heavy (non-hydrogen) atoms. The summed E-state index contributed by atoms with van der Waals surface area (Å²) in [5.41, 5.74) is 1.90. The largest absolute Gasteiger partial charge is 0.380 e. The smallest absolute Gasteiger partial charge is 0.222 e. The first kappa shape index (κ1) is 20.6. The van der Waals surface area contributed by atoms with Crippen LogP contribution in [0.4, 0.5) is 5.95 Å². The zero-order chi connectivity index (χ0) is 20.6. The highest BCUT2D eigenvalue weighted by Gasteiger charge is 2.20. The van der Waals surface area contributed by atoms with Gasteiger partial charge in [0, 0.05) is 71.0 Å². The van der Waals surface area contributed by atoms with Crippen LogP contribution < -0.4 is 5.32 Å². The van der Waals surface area contributed by atoms with Crippen LogP contribution in [0.5, 0.6) is 0 Å². The van der Waals surface area contributed by atoms with Crippen molar-refractivity contribution in [1.29, 1.82) is 0 Å². The summed E-state index contributed by atoms with van der Waals surface area (Å²) in [5, 5.41) is 3.28. The third-order valence-corrected chi connectivity index (χ3v) is 5.35. The molecule has 0 aromatic carbocycles. The van der Waals surface area contributed by atoms with Gasteiger partial charge < -0.3 is 14.6 Å². The molecule has 160 valence electrons. The second-order valence-corrected chi connectivity index (χ2v) is 7.34. The molecule has 0 aliphatic carbocycles. The van der Waals surface area contributed by atoms with Gasteiger partial charge in [-0.2, -0.15) is 0 Å². The SMILES string of the molecule is CCOCCn1c(CN2CCN(CCNc3ncccn3)CC2)nc2cccnc21. The molecule has 1 saturated heterocycles. The Morgan fingerprint density at radius 2 is 1.73 bits per heavy atom. The van der Waals surface area contributed by atoms with Crippen LogP contribution >= 0.6 is 0 Å². The van der Waals surface area contributed by atoms with Crippen LogP contribution in [0, 0.1) is 0 Å². The molecule has 1 fully saturated rings. The van der Waals surface area contributed by atoms with Crippen molar-refractivity contribution in [3.05, 3.63) is 42.6 Å². The summed E-state index contributed by atoms with van der Waals surface area (Å²) >= 11 is 0. The number of nitrogens with one attached hydrogen (secondary N) is 1. The maximum absolute atomic E-state index is 5.57. The Balaban J connectivity index is 1.29. The van der Waals surface area contributed by atoms with Gasteiger partial charge in [0.1, 0.15) is 11.3 Å². The van der Waals surface area contributed by atoms with Gasteiger partial charge in [0.15, 0.2) is 5.65 Å². The van der Waals surface area contributed by atoms with Gasteiger partial charge >= 0.3 is 0 Å². The predicted octanol–water partition coefficient (Wildman–Crippen LogP) is 1.49. The molecule has 0 amide bonds. The summed E-state index contributed by atoms with van der Waals surface area (Å²) in [6, 6.07) is 5.80. The average molecular weight is 411 g/mol. The Kier molecular flexibility index (Phi) is 7.17.